The first-order valence-electron chi connectivity index (χ1n) is 18.0. The lowest BCUT2D eigenvalue weighted by Gasteiger charge is -2.23. The van der Waals surface area contributed by atoms with E-state index in [4.69, 9.17) is 0 Å². The van der Waals surface area contributed by atoms with Gasteiger partial charge in [0.05, 0.1) is 0 Å². The van der Waals surface area contributed by atoms with Crippen molar-refractivity contribution < 1.29 is 0 Å². The predicted molar refractivity (Wildman–Crippen MR) is 224 cm³/mol. The van der Waals surface area contributed by atoms with Crippen molar-refractivity contribution >= 4 is 43.1 Å². The first-order valence-corrected chi connectivity index (χ1v) is 18.0. The fourth-order valence-corrected chi connectivity index (χ4v) is 8.27. The van der Waals surface area contributed by atoms with Gasteiger partial charge in [0.25, 0.3) is 0 Å². The van der Waals surface area contributed by atoms with E-state index < -0.39 is 0 Å². The van der Waals surface area contributed by atoms with Gasteiger partial charge in [0.2, 0.25) is 0 Å². The van der Waals surface area contributed by atoms with Gasteiger partial charge in [-0.05, 0) is 105 Å². The summed E-state index contributed by atoms with van der Waals surface area (Å²) >= 11 is 0. The Hall–Kier alpha value is -6.76. The molecule has 10 aromatic carbocycles. The molecule has 0 aliphatic rings. The van der Waals surface area contributed by atoms with Crippen LogP contribution >= 0.6 is 0 Å². The van der Waals surface area contributed by atoms with Crippen molar-refractivity contribution in [3.05, 3.63) is 206 Å². The van der Waals surface area contributed by atoms with Crippen LogP contribution in [-0.2, 0) is 0 Å². The van der Waals surface area contributed by atoms with Crippen LogP contribution in [0.1, 0.15) is 0 Å². The third-order valence-electron chi connectivity index (χ3n) is 10.7. The summed E-state index contributed by atoms with van der Waals surface area (Å²) in [5, 5.41) is 10.1. The first kappa shape index (κ1) is 30.1. The third kappa shape index (κ3) is 5.00. The van der Waals surface area contributed by atoms with Gasteiger partial charge in [0.1, 0.15) is 0 Å². The molecule has 0 saturated heterocycles. The van der Waals surface area contributed by atoms with Crippen molar-refractivity contribution in [1.82, 2.24) is 0 Å². The molecule has 0 heteroatoms. The summed E-state index contributed by atoms with van der Waals surface area (Å²) in [6.07, 6.45) is 0. The molecule has 0 unspecified atom stereocenters. The molecule has 0 amide bonds. The zero-order valence-corrected chi connectivity index (χ0v) is 28.6. The van der Waals surface area contributed by atoms with Crippen LogP contribution in [0, 0.1) is 0 Å². The van der Waals surface area contributed by atoms with E-state index >= 15 is 0 Å². The molecular weight excluding hydrogens is 625 g/mol. The molecule has 0 saturated carbocycles. The minimum Gasteiger partial charge on any atom is -0.0622 e. The molecule has 0 radical (unpaired) electrons. The van der Waals surface area contributed by atoms with Gasteiger partial charge in [-0.25, -0.2) is 0 Å². The molecule has 0 N–H and O–H groups in total. The molecule has 10 aromatic rings. The van der Waals surface area contributed by atoms with Gasteiger partial charge < -0.3 is 0 Å². The molecule has 0 bridgehead atoms. The lowest BCUT2D eigenvalue weighted by Crippen LogP contribution is -1.95. The van der Waals surface area contributed by atoms with E-state index in [0.717, 1.165) is 0 Å². The Kier molecular flexibility index (Phi) is 7.25. The summed E-state index contributed by atoms with van der Waals surface area (Å²) in [4.78, 5) is 0. The molecule has 242 valence electrons. The molecule has 0 aliphatic carbocycles. The van der Waals surface area contributed by atoms with Crippen molar-refractivity contribution in [3.8, 4) is 55.6 Å². The lowest BCUT2D eigenvalue weighted by molar-refractivity contribution is 1.61. The van der Waals surface area contributed by atoms with E-state index in [1.807, 2.05) is 0 Å². The van der Waals surface area contributed by atoms with Crippen LogP contribution in [0.15, 0.2) is 206 Å². The minimum atomic E-state index is 1.21. The van der Waals surface area contributed by atoms with Crippen molar-refractivity contribution in [2.24, 2.45) is 0 Å². The van der Waals surface area contributed by atoms with Crippen LogP contribution in [0.4, 0.5) is 0 Å². The molecular formula is C52H34. The largest absolute Gasteiger partial charge is 0.0622 e. The van der Waals surface area contributed by atoms with Crippen molar-refractivity contribution in [2.75, 3.05) is 0 Å². The predicted octanol–water partition coefficient (Wildman–Crippen LogP) is 14.6. The number of hydrogen-bond acceptors (Lipinski definition) is 0. The Labute approximate surface area is 303 Å². The standard InChI is InChI=1S/C52H34/c1-3-15-38(16-4-1)44-23-13-27-48-50(44)49(40-31-28-36(29-32-40)42-33-30-35-14-7-8-20-41(35)34-42)47-26-12-24-45(39-17-5-2-6-18-39)51(47)52(48)46-25-11-21-37-19-9-10-22-43(37)46/h1-34H. The van der Waals surface area contributed by atoms with Crippen LogP contribution < -0.4 is 0 Å². The molecule has 0 spiro atoms. The Morgan fingerprint density at radius 3 is 1.37 bits per heavy atom. The molecule has 10 rings (SSSR count). The second kappa shape index (κ2) is 12.5. The van der Waals surface area contributed by atoms with Gasteiger partial charge in [-0.2, -0.15) is 0 Å². The fraction of sp³-hybridized carbons (Fsp3) is 0. The Bertz CT molecular complexity index is 2910. The molecule has 0 nitrogen and oxygen atoms in total. The van der Waals surface area contributed by atoms with Gasteiger partial charge in [-0.15, -0.1) is 0 Å². The van der Waals surface area contributed by atoms with E-state index in [2.05, 4.69) is 206 Å². The highest BCUT2D eigenvalue weighted by Crippen LogP contribution is 2.50. The fourth-order valence-electron chi connectivity index (χ4n) is 8.27. The summed E-state index contributed by atoms with van der Waals surface area (Å²) in [6, 6.07) is 75.6. The number of fused-ring (bicyclic) bond motifs is 4. The van der Waals surface area contributed by atoms with Gasteiger partial charge in [0.15, 0.2) is 0 Å². The zero-order chi connectivity index (χ0) is 34.4. The minimum absolute atomic E-state index is 1.21. The van der Waals surface area contributed by atoms with Crippen molar-refractivity contribution in [3.63, 3.8) is 0 Å². The second-order valence-corrected chi connectivity index (χ2v) is 13.6. The van der Waals surface area contributed by atoms with Gasteiger partial charge >= 0.3 is 0 Å². The molecule has 0 aromatic heterocycles. The van der Waals surface area contributed by atoms with E-state index in [9.17, 15) is 0 Å². The van der Waals surface area contributed by atoms with E-state index in [-0.39, 0.29) is 0 Å². The highest BCUT2D eigenvalue weighted by Gasteiger charge is 2.23. The molecule has 0 aliphatic heterocycles. The molecule has 0 atom stereocenters. The maximum Gasteiger partial charge on any atom is -0.00137 e. The van der Waals surface area contributed by atoms with Gasteiger partial charge in [-0.1, -0.05) is 200 Å². The summed E-state index contributed by atoms with van der Waals surface area (Å²) in [5.41, 5.74) is 12.3. The zero-order valence-electron chi connectivity index (χ0n) is 28.6. The maximum absolute atomic E-state index is 2.34. The van der Waals surface area contributed by atoms with Gasteiger partial charge in [-0.3, -0.25) is 0 Å². The number of hydrogen-bond donors (Lipinski definition) is 0. The van der Waals surface area contributed by atoms with E-state index in [1.165, 1.54) is 98.7 Å². The maximum atomic E-state index is 2.34. The summed E-state index contributed by atoms with van der Waals surface area (Å²) in [7, 11) is 0. The third-order valence-corrected chi connectivity index (χ3v) is 10.7. The van der Waals surface area contributed by atoms with Crippen LogP contribution in [0.3, 0.4) is 0 Å². The first-order chi connectivity index (χ1) is 25.8. The number of rotatable bonds is 5. The highest BCUT2D eigenvalue weighted by atomic mass is 14.3. The Morgan fingerprint density at radius 1 is 0.212 bits per heavy atom. The smallest absolute Gasteiger partial charge is 0.00137 e. The quantitative estimate of drug-likeness (QED) is 0.161. The Morgan fingerprint density at radius 2 is 0.673 bits per heavy atom. The SMILES string of the molecule is c1ccc(-c2cccc3c(-c4cccc5ccccc45)c4c(-c5ccccc5)cccc4c(-c4ccc(-c5ccc6ccccc6c5)cc4)c23)cc1. The molecule has 0 fully saturated rings. The second-order valence-electron chi connectivity index (χ2n) is 13.6. The average Bonchev–Trinajstić information content (AvgIpc) is 3.23. The Balaban J connectivity index is 1.34. The molecule has 52 heavy (non-hydrogen) atoms. The summed E-state index contributed by atoms with van der Waals surface area (Å²) in [5.74, 6) is 0. The van der Waals surface area contributed by atoms with Crippen LogP contribution in [-0.4, -0.2) is 0 Å². The monoisotopic (exact) mass is 658 g/mol. The summed E-state index contributed by atoms with van der Waals surface area (Å²) in [6.45, 7) is 0. The average molecular weight is 659 g/mol. The van der Waals surface area contributed by atoms with Crippen LogP contribution in [0.5, 0.6) is 0 Å². The topological polar surface area (TPSA) is 0 Å². The highest BCUT2D eigenvalue weighted by molar-refractivity contribution is 6.28. The van der Waals surface area contributed by atoms with Crippen molar-refractivity contribution in [2.45, 2.75) is 0 Å². The van der Waals surface area contributed by atoms with E-state index in [0.29, 0.717) is 0 Å². The van der Waals surface area contributed by atoms with E-state index in [1.54, 1.807) is 0 Å². The van der Waals surface area contributed by atoms with Crippen LogP contribution in [0.2, 0.25) is 0 Å². The number of benzene rings is 10. The molecule has 0 heterocycles. The summed E-state index contributed by atoms with van der Waals surface area (Å²) < 4.78 is 0. The van der Waals surface area contributed by atoms with Crippen molar-refractivity contribution in [1.29, 1.82) is 0 Å². The normalized spacial score (nSPS) is 11.5. The van der Waals surface area contributed by atoms with Gasteiger partial charge in [0, 0.05) is 0 Å². The lowest BCUT2D eigenvalue weighted by atomic mass is 9.80. The van der Waals surface area contributed by atoms with Crippen LogP contribution in [0.25, 0.3) is 98.7 Å².